The number of benzene rings is 3. The van der Waals surface area contributed by atoms with Crippen LogP contribution in [0, 0.1) is 0 Å². The predicted molar refractivity (Wildman–Crippen MR) is 126 cm³/mol. The van der Waals surface area contributed by atoms with E-state index in [1.54, 1.807) is 7.11 Å². The van der Waals surface area contributed by atoms with Crippen LogP contribution in [-0.4, -0.2) is 12.2 Å². The van der Waals surface area contributed by atoms with E-state index in [1.165, 1.54) is 16.7 Å². The van der Waals surface area contributed by atoms with Crippen LogP contribution in [0.3, 0.4) is 0 Å². The number of ether oxygens (including phenoxy) is 1. The Hall–Kier alpha value is -2.74. The van der Waals surface area contributed by atoms with Gasteiger partial charge in [0.05, 0.1) is 7.11 Å². The fourth-order valence-electron chi connectivity index (χ4n) is 3.99. The molecule has 3 rings (SSSR count). The molecule has 0 bridgehead atoms. The fraction of sp³-hybridized carbons (Fsp3) is 0.357. The Morgan fingerprint density at radius 2 is 1.13 bits per heavy atom. The van der Waals surface area contributed by atoms with Crippen molar-refractivity contribution >= 4 is 0 Å². The molecular weight excluding hydrogens is 368 g/mol. The van der Waals surface area contributed by atoms with Crippen molar-refractivity contribution in [3.05, 3.63) is 94.5 Å². The van der Waals surface area contributed by atoms with Gasteiger partial charge in [0.15, 0.2) is 0 Å². The number of methoxy groups -OCH3 is 1. The van der Waals surface area contributed by atoms with Crippen LogP contribution in [0.25, 0.3) is 0 Å². The van der Waals surface area contributed by atoms with E-state index in [9.17, 15) is 5.11 Å². The Labute approximate surface area is 181 Å². The first kappa shape index (κ1) is 22.0. The van der Waals surface area contributed by atoms with E-state index in [-0.39, 0.29) is 16.7 Å². The predicted octanol–water partition coefficient (Wildman–Crippen LogP) is 7.18. The van der Waals surface area contributed by atoms with Gasteiger partial charge in [-0.1, -0.05) is 96.1 Å². The number of phenolic OH excluding ortho intramolecular Hbond substituents is 1. The Balaban J connectivity index is 2.30. The van der Waals surface area contributed by atoms with Gasteiger partial charge in [-0.3, -0.25) is 0 Å². The fourth-order valence-corrected chi connectivity index (χ4v) is 3.99. The Morgan fingerprint density at radius 1 is 0.667 bits per heavy atom. The van der Waals surface area contributed by atoms with Gasteiger partial charge in [-0.05, 0) is 50.8 Å². The molecular formula is C28H34O2. The molecule has 30 heavy (non-hydrogen) atoms. The van der Waals surface area contributed by atoms with Crippen molar-refractivity contribution < 1.29 is 9.84 Å². The molecule has 1 atom stereocenters. The molecule has 1 unspecified atom stereocenters. The molecule has 0 aliphatic heterocycles. The van der Waals surface area contributed by atoms with Crippen LogP contribution in [0.4, 0.5) is 0 Å². The van der Waals surface area contributed by atoms with Gasteiger partial charge in [-0.2, -0.15) is 0 Å². The maximum atomic E-state index is 11.2. The molecule has 0 saturated carbocycles. The molecule has 0 aliphatic carbocycles. The van der Waals surface area contributed by atoms with Crippen molar-refractivity contribution in [2.24, 2.45) is 0 Å². The molecule has 0 aromatic heterocycles. The SMILES string of the molecule is COc1ccc(C(c2ccccc2)c2cc(C(C)(C)C)c(O)c(C(C)(C)C)c2)cc1. The van der Waals surface area contributed by atoms with Crippen LogP contribution in [0.2, 0.25) is 0 Å². The number of phenols is 1. The third-order valence-electron chi connectivity index (χ3n) is 5.66. The van der Waals surface area contributed by atoms with Crippen LogP contribution in [0.15, 0.2) is 66.7 Å². The summed E-state index contributed by atoms with van der Waals surface area (Å²) in [6, 6.07) is 23.2. The lowest BCUT2D eigenvalue weighted by molar-refractivity contribution is 0.414. The van der Waals surface area contributed by atoms with E-state index in [2.05, 4.69) is 90.1 Å². The van der Waals surface area contributed by atoms with Crippen molar-refractivity contribution in [1.29, 1.82) is 0 Å². The molecule has 0 aliphatic rings. The summed E-state index contributed by atoms with van der Waals surface area (Å²) >= 11 is 0. The summed E-state index contributed by atoms with van der Waals surface area (Å²) in [6.07, 6.45) is 0. The van der Waals surface area contributed by atoms with Crippen molar-refractivity contribution in [3.8, 4) is 11.5 Å². The van der Waals surface area contributed by atoms with Gasteiger partial charge in [0.25, 0.3) is 0 Å². The summed E-state index contributed by atoms with van der Waals surface area (Å²) in [5.41, 5.74) is 5.26. The maximum absolute atomic E-state index is 11.2. The summed E-state index contributed by atoms with van der Waals surface area (Å²) in [4.78, 5) is 0. The van der Waals surface area contributed by atoms with E-state index in [0.717, 1.165) is 16.9 Å². The first-order valence-corrected chi connectivity index (χ1v) is 10.6. The normalized spacial score (nSPS) is 13.2. The second-order valence-corrected chi connectivity index (χ2v) is 10.1. The van der Waals surface area contributed by atoms with E-state index >= 15 is 0 Å². The van der Waals surface area contributed by atoms with Crippen LogP contribution in [-0.2, 0) is 10.8 Å². The summed E-state index contributed by atoms with van der Waals surface area (Å²) in [7, 11) is 1.69. The van der Waals surface area contributed by atoms with Crippen LogP contribution in [0.1, 0.15) is 75.3 Å². The largest absolute Gasteiger partial charge is 0.507 e. The Kier molecular flexibility index (Phi) is 5.99. The van der Waals surface area contributed by atoms with Gasteiger partial charge < -0.3 is 9.84 Å². The van der Waals surface area contributed by atoms with Crippen molar-refractivity contribution in [1.82, 2.24) is 0 Å². The van der Waals surface area contributed by atoms with E-state index < -0.39 is 0 Å². The zero-order valence-corrected chi connectivity index (χ0v) is 19.3. The first-order chi connectivity index (χ1) is 14.0. The zero-order valence-electron chi connectivity index (χ0n) is 19.3. The highest BCUT2D eigenvalue weighted by atomic mass is 16.5. The van der Waals surface area contributed by atoms with Gasteiger partial charge in [0.2, 0.25) is 0 Å². The molecule has 2 nitrogen and oxygen atoms in total. The van der Waals surface area contributed by atoms with E-state index in [1.807, 2.05) is 18.2 Å². The zero-order chi connectivity index (χ0) is 22.1. The average Bonchev–Trinajstić information content (AvgIpc) is 2.69. The number of hydrogen-bond donors (Lipinski definition) is 1. The smallest absolute Gasteiger partial charge is 0.123 e. The topological polar surface area (TPSA) is 29.5 Å². The lowest BCUT2D eigenvalue weighted by Crippen LogP contribution is -2.19. The molecule has 0 radical (unpaired) electrons. The summed E-state index contributed by atoms with van der Waals surface area (Å²) in [6.45, 7) is 12.9. The molecule has 0 heterocycles. The van der Waals surface area contributed by atoms with Crippen molar-refractivity contribution in [2.45, 2.75) is 58.3 Å². The minimum absolute atomic E-state index is 0.0694. The van der Waals surface area contributed by atoms with Gasteiger partial charge >= 0.3 is 0 Å². The second kappa shape index (κ2) is 8.18. The molecule has 0 amide bonds. The van der Waals surface area contributed by atoms with E-state index in [4.69, 9.17) is 4.74 Å². The molecule has 0 saturated heterocycles. The monoisotopic (exact) mass is 402 g/mol. The van der Waals surface area contributed by atoms with E-state index in [0.29, 0.717) is 5.75 Å². The second-order valence-electron chi connectivity index (χ2n) is 10.1. The molecule has 0 fully saturated rings. The summed E-state index contributed by atoms with van der Waals surface area (Å²) in [5, 5.41) is 11.2. The first-order valence-electron chi connectivity index (χ1n) is 10.6. The average molecular weight is 403 g/mol. The molecule has 1 N–H and O–H groups in total. The van der Waals surface area contributed by atoms with Crippen LogP contribution >= 0.6 is 0 Å². The molecule has 3 aromatic rings. The van der Waals surface area contributed by atoms with Gasteiger partial charge in [0, 0.05) is 5.92 Å². The van der Waals surface area contributed by atoms with Crippen molar-refractivity contribution in [3.63, 3.8) is 0 Å². The maximum Gasteiger partial charge on any atom is 0.123 e. The third-order valence-corrected chi connectivity index (χ3v) is 5.66. The highest BCUT2D eigenvalue weighted by Gasteiger charge is 2.29. The van der Waals surface area contributed by atoms with Crippen LogP contribution < -0.4 is 4.74 Å². The number of rotatable bonds is 4. The summed E-state index contributed by atoms with van der Waals surface area (Å²) in [5.74, 6) is 1.34. The quantitative estimate of drug-likeness (QED) is 0.469. The Bertz CT molecular complexity index is 953. The minimum atomic E-state index is -0.165. The highest BCUT2D eigenvalue weighted by molar-refractivity contribution is 5.54. The van der Waals surface area contributed by atoms with Gasteiger partial charge in [-0.15, -0.1) is 0 Å². The standard InChI is InChI=1S/C28H34O2/c1-27(2,3)23-17-21(18-24(26(23)29)28(4,5)6)25(19-11-9-8-10-12-19)20-13-15-22(30-7)16-14-20/h8-18,25,29H,1-7H3. The third kappa shape index (κ3) is 4.53. The number of aromatic hydroxyl groups is 1. The Morgan fingerprint density at radius 3 is 1.57 bits per heavy atom. The number of hydrogen-bond acceptors (Lipinski definition) is 2. The van der Waals surface area contributed by atoms with Gasteiger partial charge in [-0.25, -0.2) is 0 Å². The summed E-state index contributed by atoms with van der Waals surface area (Å²) < 4.78 is 5.37. The minimum Gasteiger partial charge on any atom is -0.507 e. The molecule has 3 aromatic carbocycles. The molecule has 0 spiro atoms. The lowest BCUT2D eigenvalue weighted by atomic mass is 9.75. The van der Waals surface area contributed by atoms with Crippen molar-refractivity contribution in [2.75, 3.05) is 7.11 Å². The van der Waals surface area contributed by atoms with Crippen LogP contribution in [0.5, 0.6) is 11.5 Å². The molecule has 158 valence electrons. The lowest BCUT2D eigenvalue weighted by Gasteiger charge is -2.30. The molecule has 2 heteroatoms. The highest BCUT2D eigenvalue weighted by Crippen LogP contribution is 2.43. The van der Waals surface area contributed by atoms with Gasteiger partial charge in [0.1, 0.15) is 11.5 Å².